The summed E-state index contributed by atoms with van der Waals surface area (Å²) >= 11 is 0. The van der Waals surface area contributed by atoms with E-state index < -0.39 is 34.5 Å². The zero-order valence-electron chi connectivity index (χ0n) is 12.9. The van der Waals surface area contributed by atoms with Gasteiger partial charge in [-0.1, -0.05) is 0 Å². The van der Waals surface area contributed by atoms with Gasteiger partial charge in [0, 0.05) is 6.04 Å². The predicted molar refractivity (Wildman–Crippen MR) is 79.2 cm³/mol. The normalized spacial score (nSPS) is 11.7. The number of aryl methyl sites for hydroxylation is 1. The molecule has 0 saturated carbocycles. The number of esters is 1. The van der Waals surface area contributed by atoms with E-state index in [0.717, 1.165) is 4.31 Å². The Morgan fingerprint density at radius 1 is 1.32 bits per heavy atom. The summed E-state index contributed by atoms with van der Waals surface area (Å²) < 4.78 is 30.7. The lowest BCUT2D eigenvalue weighted by Crippen LogP contribution is -2.40. The molecule has 0 aliphatic rings. The molecule has 22 heavy (non-hydrogen) atoms. The van der Waals surface area contributed by atoms with Gasteiger partial charge in [-0.15, -0.1) is 0 Å². The van der Waals surface area contributed by atoms with Crippen molar-refractivity contribution in [2.45, 2.75) is 31.7 Å². The highest BCUT2D eigenvalue weighted by atomic mass is 32.2. The van der Waals surface area contributed by atoms with Gasteiger partial charge >= 0.3 is 11.9 Å². The minimum absolute atomic E-state index is 0.0323. The molecule has 0 fully saturated rings. The van der Waals surface area contributed by atoms with Gasteiger partial charge in [0.15, 0.2) is 0 Å². The first-order valence-corrected chi connectivity index (χ1v) is 7.98. The third-order valence-electron chi connectivity index (χ3n) is 3.05. The molecule has 1 N–H and O–H groups in total. The van der Waals surface area contributed by atoms with Gasteiger partial charge in [0.25, 0.3) is 0 Å². The van der Waals surface area contributed by atoms with E-state index in [0.29, 0.717) is 5.56 Å². The standard InChI is InChI=1S/C14H19NO6S/c1-9(2)15(8-13(16)17)22(19,20)12-6-5-11(7-10(12)3)14(18)21-4/h5-7,9H,8H2,1-4H3,(H,16,17). The number of carboxylic acids is 1. The van der Waals surface area contributed by atoms with E-state index in [1.807, 2.05) is 0 Å². The maximum absolute atomic E-state index is 12.6. The Morgan fingerprint density at radius 3 is 2.32 bits per heavy atom. The number of methoxy groups -OCH3 is 1. The Kier molecular flexibility index (Phi) is 5.67. The third-order valence-corrected chi connectivity index (χ3v) is 5.23. The lowest BCUT2D eigenvalue weighted by Gasteiger charge is -2.25. The van der Waals surface area contributed by atoms with E-state index in [4.69, 9.17) is 5.11 Å². The van der Waals surface area contributed by atoms with Gasteiger partial charge in [-0.3, -0.25) is 4.79 Å². The van der Waals surface area contributed by atoms with Gasteiger partial charge in [-0.2, -0.15) is 4.31 Å². The van der Waals surface area contributed by atoms with Crippen molar-refractivity contribution in [3.8, 4) is 0 Å². The number of carbonyl (C=O) groups is 2. The molecule has 7 nitrogen and oxygen atoms in total. The lowest BCUT2D eigenvalue weighted by atomic mass is 10.1. The van der Waals surface area contributed by atoms with Crippen LogP contribution in [-0.2, 0) is 19.6 Å². The molecule has 0 aromatic heterocycles. The molecule has 0 spiro atoms. The summed E-state index contributed by atoms with van der Waals surface area (Å²) in [6.45, 7) is 4.11. The first-order valence-electron chi connectivity index (χ1n) is 6.53. The van der Waals surface area contributed by atoms with Crippen molar-refractivity contribution in [3.05, 3.63) is 29.3 Å². The van der Waals surface area contributed by atoms with Gasteiger partial charge in [0.2, 0.25) is 10.0 Å². The number of hydrogen-bond acceptors (Lipinski definition) is 5. The van der Waals surface area contributed by atoms with Crippen molar-refractivity contribution in [2.75, 3.05) is 13.7 Å². The van der Waals surface area contributed by atoms with Crippen LogP contribution in [0.5, 0.6) is 0 Å². The number of hydrogen-bond donors (Lipinski definition) is 1. The Labute approximate surface area is 129 Å². The van der Waals surface area contributed by atoms with Gasteiger partial charge in [0.1, 0.15) is 6.54 Å². The van der Waals surface area contributed by atoms with Crippen molar-refractivity contribution < 1.29 is 27.9 Å². The van der Waals surface area contributed by atoms with Crippen LogP contribution < -0.4 is 0 Å². The van der Waals surface area contributed by atoms with Crippen LogP contribution in [0.1, 0.15) is 29.8 Å². The molecule has 122 valence electrons. The van der Waals surface area contributed by atoms with Crippen LogP contribution in [0.3, 0.4) is 0 Å². The van der Waals surface area contributed by atoms with Crippen molar-refractivity contribution in [2.24, 2.45) is 0 Å². The zero-order valence-corrected chi connectivity index (χ0v) is 13.7. The fourth-order valence-corrected chi connectivity index (χ4v) is 3.78. The van der Waals surface area contributed by atoms with Crippen molar-refractivity contribution in [1.82, 2.24) is 4.31 Å². The third kappa shape index (κ3) is 3.83. The van der Waals surface area contributed by atoms with Gasteiger partial charge in [-0.25, -0.2) is 13.2 Å². The van der Waals surface area contributed by atoms with E-state index in [2.05, 4.69) is 4.74 Å². The number of rotatable bonds is 6. The molecule has 1 aromatic carbocycles. The fourth-order valence-electron chi connectivity index (χ4n) is 1.99. The minimum atomic E-state index is -3.97. The molecule has 1 aromatic rings. The molecule has 0 unspecified atom stereocenters. The molecule has 0 amide bonds. The van der Waals surface area contributed by atoms with Crippen LogP contribution in [-0.4, -0.2) is 49.5 Å². The minimum Gasteiger partial charge on any atom is -0.480 e. The molecular formula is C14H19NO6S. The van der Waals surface area contributed by atoms with E-state index in [-0.39, 0.29) is 10.5 Å². The molecule has 1 rings (SSSR count). The van der Waals surface area contributed by atoms with Crippen LogP contribution in [0.4, 0.5) is 0 Å². The molecule has 0 atom stereocenters. The smallest absolute Gasteiger partial charge is 0.337 e. The second-order valence-electron chi connectivity index (χ2n) is 5.01. The number of aliphatic carboxylic acids is 1. The number of benzene rings is 1. The van der Waals surface area contributed by atoms with E-state index in [1.54, 1.807) is 20.8 Å². The monoisotopic (exact) mass is 329 g/mol. The predicted octanol–water partition coefficient (Wildman–Crippen LogP) is 1.27. The zero-order chi connectivity index (χ0) is 17.1. The average Bonchev–Trinajstić information content (AvgIpc) is 2.42. The molecule has 8 heteroatoms. The van der Waals surface area contributed by atoms with E-state index in [9.17, 15) is 18.0 Å². The van der Waals surface area contributed by atoms with Crippen LogP contribution in [0.2, 0.25) is 0 Å². The van der Waals surface area contributed by atoms with Crippen molar-refractivity contribution in [3.63, 3.8) is 0 Å². The summed E-state index contributed by atoms with van der Waals surface area (Å²) in [5.74, 6) is -1.81. The molecule has 0 saturated heterocycles. The molecular weight excluding hydrogens is 310 g/mol. The van der Waals surface area contributed by atoms with E-state index >= 15 is 0 Å². The van der Waals surface area contributed by atoms with E-state index in [1.165, 1.54) is 25.3 Å². The van der Waals surface area contributed by atoms with Gasteiger partial charge in [-0.05, 0) is 44.5 Å². The van der Waals surface area contributed by atoms with Gasteiger partial charge in [0.05, 0.1) is 17.6 Å². The number of carbonyl (C=O) groups excluding carboxylic acids is 1. The maximum Gasteiger partial charge on any atom is 0.337 e. The maximum atomic E-state index is 12.6. The second-order valence-corrected chi connectivity index (χ2v) is 6.87. The Morgan fingerprint density at radius 2 is 1.91 bits per heavy atom. The largest absolute Gasteiger partial charge is 0.480 e. The molecule has 0 heterocycles. The number of nitrogens with zero attached hydrogens (tertiary/aromatic N) is 1. The van der Waals surface area contributed by atoms with Gasteiger partial charge < -0.3 is 9.84 Å². The summed E-state index contributed by atoms with van der Waals surface area (Å²) in [5, 5.41) is 8.89. The topological polar surface area (TPSA) is 101 Å². The number of ether oxygens (including phenoxy) is 1. The first kappa shape index (κ1) is 18.1. The van der Waals surface area contributed by atoms with Crippen LogP contribution in [0, 0.1) is 6.92 Å². The highest BCUT2D eigenvalue weighted by molar-refractivity contribution is 7.89. The fraction of sp³-hybridized carbons (Fsp3) is 0.429. The highest BCUT2D eigenvalue weighted by Gasteiger charge is 2.30. The SMILES string of the molecule is COC(=O)c1ccc(S(=O)(=O)N(CC(=O)O)C(C)C)c(C)c1. The van der Waals surface area contributed by atoms with Crippen LogP contribution in [0.25, 0.3) is 0 Å². The van der Waals surface area contributed by atoms with Crippen molar-refractivity contribution >= 4 is 22.0 Å². The second kappa shape index (κ2) is 6.89. The molecule has 0 radical (unpaired) electrons. The Hall–Kier alpha value is -1.93. The Balaban J connectivity index is 3.32. The summed E-state index contributed by atoms with van der Waals surface area (Å²) in [4.78, 5) is 22.3. The van der Waals surface area contributed by atoms with Crippen LogP contribution in [0.15, 0.2) is 23.1 Å². The first-order chi connectivity index (χ1) is 10.1. The summed E-state index contributed by atoms with van der Waals surface area (Å²) in [6.07, 6.45) is 0. The number of sulfonamides is 1. The quantitative estimate of drug-likeness (QED) is 0.789. The number of carboxylic acid groups (broad SMARTS) is 1. The molecule has 0 aliphatic carbocycles. The summed E-state index contributed by atoms with van der Waals surface area (Å²) in [7, 11) is -2.74. The average molecular weight is 329 g/mol. The molecule has 0 bridgehead atoms. The van der Waals surface area contributed by atoms with Crippen LogP contribution >= 0.6 is 0 Å². The Bertz CT molecular complexity index is 681. The summed E-state index contributed by atoms with van der Waals surface area (Å²) in [6, 6.07) is 3.51. The molecule has 0 aliphatic heterocycles. The summed E-state index contributed by atoms with van der Waals surface area (Å²) in [5.41, 5.74) is 0.576. The van der Waals surface area contributed by atoms with Crippen molar-refractivity contribution in [1.29, 1.82) is 0 Å². The lowest BCUT2D eigenvalue weighted by molar-refractivity contribution is -0.137. The highest BCUT2D eigenvalue weighted by Crippen LogP contribution is 2.23.